The summed E-state index contributed by atoms with van der Waals surface area (Å²) < 4.78 is 44.1. The minimum absolute atomic E-state index is 0.00579. The van der Waals surface area contributed by atoms with Gasteiger partial charge in [-0.3, -0.25) is 4.79 Å². The number of aliphatic hydroxyl groups is 1. The van der Waals surface area contributed by atoms with Crippen LogP contribution in [0.2, 0.25) is 0 Å². The van der Waals surface area contributed by atoms with Crippen molar-refractivity contribution in [1.29, 1.82) is 0 Å². The highest BCUT2D eigenvalue weighted by Gasteiger charge is 2.47. The first-order valence-electron chi connectivity index (χ1n) is 13.0. The van der Waals surface area contributed by atoms with Gasteiger partial charge in [-0.1, -0.05) is 18.2 Å². The molecule has 3 aliphatic rings. The predicted octanol–water partition coefficient (Wildman–Crippen LogP) is 4.39. The normalized spacial score (nSPS) is 26.7. The number of nitrogens with two attached hydrogens (primary N) is 1. The summed E-state index contributed by atoms with van der Waals surface area (Å²) in [6, 6.07) is 12.1. The number of nitrogens with zero attached hydrogens (tertiary/aromatic N) is 4. The predicted molar refractivity (Wildman–Crippen MR) is 136 cm³/mol. The number of aryl methyl sites for hydroxylation is 1. The highest BCUT2D eigenvalue weighted by Crippen LogP contribution is 2.42. The first kappa shape index (κ1) is 23.7. The molecule has 4 atom stereocenters. The first-order chi connectivity index (χ1) is 18.0. The maximum absolute atomic E-state index is 13.7. The van der Waals surface area contributed by atoms with Crippen molar-refractivity contribution in [2.24, 2.45) is 11.7 Å². The lowest BCUT2D eigenvalue weighted by atomic mass is 9.87. The summed E-state index contributed by atoms with van der Waals surface area (Å²) in [4.78, 5) is 20.3. The summed E-state index contributed by atoms with van der Waals surface area (Å²) in [7, 11) is 0. The third-order valence-corrected chi connectivity index (χ3v) is 8.78. The lowest BCUT2D eigenvalue weighted by molar-refractivity contribution is -0.139. The highest BCUT2D eigenvalue weighted by molar-refractivity contribution is 6.00. The molecule has 3 N–H and O–H groups in total. The van der Waals surface area contributed by atoms with Crippen molar-refractivity contribution in [2.75, 3.05) is 6.54 Å². The molecule has 198 valence electrons. The van der Waals surface area contributed by atoms with Crippen molar-refractivity contribution in [3.8, 4) is 11.5 Å². The van der Waals surface area contributed by atoms with Gasteiger partial charge in [-0.15, -0.1) is 0 Å². The van der Waals surface area contributed by atoms with Crippen molar-refractivity contribution in [3.63, 3.8) is 0 Å². The molecule has 7 rings (SSSR count). The molecule has 0 radical (unpaired) electrons. The number of likely N-dealkylation sites (tertiary alicyclic amines) is 1. The van der Waals surface area contributed by atoms with E-state index in [9.17, 15) is 23.1 Å². The summed E-state index contributed by atoms with van der Waals surface area (Å²) in [6.07, 6.45) is -2.18. The monoisotopic (exact) mass is 523 g/mol. The Morgan fingerprint density at radius 1 is 1.21 bits per heavy atom. The van der Waals surface area contributed by atoms with Crippen LogP contribution in [0.25, 0.3) is 33.5 Å². The molecule has 2 aromatic heterocycles. The van der Waals surface area contributed by atoms with Gasteiger partial charge in [-0.2, -0.15) is 13.2 Å². The Balaban J connectivity index is 1.41. The second-order valence-corrected chi connectivity index (χ2v) is 11.2. The van der Waals surface area contributed by atoms with Gasteiger partial charge in [0.15, 0.2) is 5.82 Å². The molecule has 1 saturated heterocycles. The average Bonchev–Trinajstić information content (AvgIpc) is 3.60. The van der Waals surface area contributed by atoms with Crippen molar-refractivity contribution in [2.45, 2.75) is 63.1 Å². The molecular weight excluding hydrogens is 495 g/mol. The summed E-state index contributed by atoms with van der Waals surface area (Å²) in [5.41, 5.74) is 8.07. The van der Waals surface area contributed by atoms with Gasteiger partial charge in [0.2, 0.25) is 0 Å². The molecule has 2 aromatic carbocycles. The smallest absolute Gasteiger partial charge is 0.385 e. The Hall–Kier alpha value is -3.37. The number of halogens is 3. The summed E-state index contributed by atoms with van der Waals surface area (Å²) >= 11 is 0. The van der Waals surface area contributed by atoms with E-state index < -0.39 is 18.3 Å². The number of aromatic nitrogens is 3. The van der Waals surface area contributed by atoms with Crippen molar-refractivity contribution in [3.05, 3.63) is 53.6 Å². The number of amides is 1. The molecule has 2 bridgehead atoms. The van der Waals surface area contributed by atoms with Gasteiger partial charge in [0.05, 0.1) is 22.3 Å². The van der Waals surface area contributed by atoms with Crippen LogP contribution in [0.4, 0.5) is 13.2 Å². The lowest BCUT2D eigenvalue weighted by Gasteiger charge is -2.32. The fraction of sp³-hybridized carbons (Fsp3) is 0.429. The van der Waals surface area contributed by atoms with E-state index in [4.69, 9.17) is 10.7 Å². The third kappa shape index (κ3) is 3.42. The van der Waals surface area contributed by atoms with Gasteiger partial charge in [0.25, 0.3) is 5.91 Å². The molecule has 2 aliphatic heterocycles. The summed E-state index contributed by atoms with van der Waals surface area (Å²) in [6.45, 7) is 1.56. The number of imidazole rings is 1. The number of carbonyl (C=O) groups is 1. The zero-order valence-corrected chi connectivity index (χ0v) is 20.9. The van der Waals surface area contributed by atoms with E-state index >= 15 is 0 Å². The fourth-order valence-electron chi connectivity index (χ4n) is 6.87. The number of benzene rings is 2. The van der Waals surface area contributed by atoms with Gasteiger partial charge in [0.1, 0.15) is 6.54 Å². The summed E-state index contributed by atoms with van der Waals surface area (Å²) in [5, 5.41) is 12.0. The zero-order valence-electron chi connectivity index (χ0n) is 20.9. The Bertz CT molecular complexity index is 1620. The standard InChI is InChI=1S/C28H28F3N5O2/c1-27(38)8-9-34-24-18(27)10-17(26(37)35-13-16-6-7-21(35)23(16)32)11-19(24)33-25(34)22-12-15-4-2-3-5-20(15)36(22)14-28(29,30)31/h2-5,10-12,16,21,23,38H,6-9,13-14,32H2,1H3. The zero-order chi connectivity index (χ0) is 26.6. The van der Waals surface area contributed by atoms with Gasteiger partial charge in [-0.05, 0) is 56.4 Å². The molecule has 10 heteroatoms. The number of piperidine rings is 1. The van der Waals surface area contributed by atoms with Gasteiger partial charge >= 0.3 is 6.18 Å². The van der Waals surface area contributed by atoms with Crippen molar-refractivity contribution in [1.82, 2.24) is 19.0 Å². The van der Waals surface area contributed by atoms with Crippen molar-refractivity contribution >= 4 is 27.8 Å². The van der Waals surface area contributed by atoms with E-state index in [1.54, 1.807) is 49.4 Å². The van der Waals surface area contributed by atoms with Crippen LogP contribution in [0.1, 0.15) is 42.1 Å². The Morgan fingerprint density at radius 3 is 2.71 bits per heavy atom. The number of hydrogen-bond donors (Lipinski definition) is 2. The molecule has 2 fully saturated rings. The van der Waals surface area contributed by atoms with Crippen LogP contribution in [-0.2, 0) is 18.7 Å². The van der Waals surface area contributed by atoms with Gasteiger partial charge in [-0.25, -0.2) is 4.98 Å². The molecule has 38 heavy (non-hydrogen) atoms. The van der Waals surface area contributed by atoms with E-state index in [2.05, 4.69) is 0 Å². The fourth-order valence-corrected chi connectivity index (χ4v) is 6.87. The molecule has 1 saturated carbocycles. The number of alkyl halides is 3. The lowest BCUT2D eigenvalue weighted by Crippen LogP contribution is -2.41. The van der Waals surface area contributed by atoms with E-state index in [1.807, 2.05) is 9.47 Å². The van der Waals surface area contributed by atoms with E-state index in [-0.39, 0.29) is 18.0 Å². The number of para-hydroxylation sites is 1. The van der Waals surface area contributed by atoms with Crippen LogP contribution < -0.4 is 5.73 Å². The molecule has 4 aromatic rings. The average molecular weight is 524 g/mol. The number of fused-ring (bicyclic) bond motifs is 3. The highest BCUT2D eigenvalue weighted by atomic mass is 19.4. The first-order valence-corrected chi connectivity index (χ1v) is 13.0. The molecule has 4 heterocycles. The summed E-state index contributed by atoms with van der Waals surface area (Å²) in [5.74, 6) is 0.550. The second-order valence-electron chi connectivity index (χ2n) is 11.2. The number of carbonyl (C=O) groups excluding carboxylic acids is 1. The molecule has 1 aliphatic carbocycles. The Kier molecular flexibility index (Phi) is 4.89. The van der Waals surface area contributed by atoms with Crippen LogP contribution in [0, 0.1) is 5.92 Å². The third-order valence-electron chi connectivity index (χ3n) is 8.78. The quantitative estimate of drug-likeness (QED) is 0.417. The van der Waals surface area contributed by atoms with Crippen LogP contribution in [0.5, 0.6) is 0 Å². The largest absolute Gasteiger partial charge is 0.406 e. The van der Waals surface area contributed by atoms with Crippen LogP contribution in [0.3, 0.4) is 0 Å². The van der Waals surface area contributed by atoms with Crippen molar-refractivity contribution < 1.29 is 23.1 Å². The molecule has 0 spiro atoms. The SMILES string of the molecule is CC1(O)CCn2c(-c3cc4ccccc4n3CC(F)(F)F)nc3cc(C(=O)N4CC5CCC4C5N)cc1c32. The van der Waals surface area contributed by atoms with E-state index in [0.29, 0.717) is 70.0 Å². The molecule has 7 nitrogen and oxygen atoms in total. The van der Waals surface area contributed by atoms with Gasteiger partial charge in [0, 0.05) is 47.2 Å². The molecule has 1 amide bonds. The Labute approximate surface area is 216 Å². The minimum Gasteiger partial charge on any atom is -0.385 e. The van der Waals surface area contributed by atoms with Crippen LogP contribution in [0.15, 0.2) is 42.5 Å². The maximum atomic E-state index is 13.7. The second kappa shape index (κ2) is 7.83. The number of rotatable bonds is 3. The number of hydrogen-bond acceptors (Lipinski definition) is 4. The van der Waals surface area contributed by atoms with Gasteiger partial charge < -0.3 is 24.9 Å². The van der Waals surface area contributed by atoms with E-state index in [1.165, 1.54) is 4.57 Å². The minimum atomic E-state index is -4.42. The Morgan fingerprint density at radius 2 is 2.00 bits per heavy atom. The topological polar surface area (TPSA) is 89.3 Å². The van der Waals surface area contributed by atoms with Crippen LogP contribution >= 0.6 is 0 Å². The molecular formula is C28H28F3N5O2. The maximum Gasteiger partial charge on any atom is 0.406 e. The van der Waals surface area contributed by atoms with Crippen LogP contribution in [-0.4, -0.2) is 54.8 Å². The molecule has 4 unspecified atom stereocenters. The van der Waals surface area contributed by atoms with E-state index in [0.717, 1.165) is 12.8 Å².